The fraction of sp³-hybridized carbons (Fsp3) is 0.167. The topological polar surface area (TPSA) is 25.2 Å². The van der Waals surface area contributed by atoms with Crippen LogP contribution in [0, 0.1) is 0 Å². The van der Waals surface area contributed by atoms with E-state index in [4.69, 9.17) is 4.42 Å². The lowest BCUT2D eigenvalue weighted by atomic mass is 10.1. The molecule has 2 aromatic rings. The molecule has 1 atom stereocenters. The van der Waals surface area contributed by atoms with Gasteiger partial charge in [0.1, 0.15) is 0 Å². The Bertz CT molecular complexity index is 468. The summed E-state index contributed by atoms with van der Waals surface area (Å²) in [6, 6.07) is 8.22. The van der Waals surface area contributed by atoms with Crippen LogP contribution in [-0.2, 0) is 0 Å². The van der Waals surface area contributed by atoms with Crippen LogP contribution in [0.25, 0.3) is 0 Å². The molecule has 1 unspecified atom stereocenters. The number of halogens is 2. The summed E-state index contributed by atoms with van der Waals surface area (Å²) in [4.78, 5) is 0. The Kier molecular flexibility index (Phi) is 3.71. The SMILES string of the molecule is CC(Nc1cc(Br)ccc1Br)c1ccoc1. The first kappa shape index (κ1) is 11.7. The molecule has 0 aliphatic carbocycles. The molecule has 0 aliphatic rings. The van der Waals surface area contributed by atoms with Gasteiger partial charge >= 0.3 is 0 Å². The Balaban J connectivity index is 2.17. The van der Waals surface area contributed by atoms with E-state index in [0.29, 0.717) is 0 Å². The Labute approximate surface area is 111 Å². The monoisotopic (exact) mass is 343 g/mol. The highest BCUT2D eigenvalue weighted by atomic mass is 79.9. The van der Waals surface area contributed by atoms with Crippen molar-refractivity contribution >= 4 is 37.5 Å². The molecule has 0 spiro atoms. The lowest BCUT2D eigenvalue weighted by Crippen LogP contribution is -2.05. The molecule has 0 aliphatic heterocycles. The molecular weight excluding hydrogens is 334 g/mol. The molecule has 0 bridgehead atoms. The number of furan rings is 1. The van der Waals surface area contributed by atoms with Crippen molar-refractivity contribution in [2.45, 2.75) is 13.0 Å². The molecule has 84 valence electrons. The van der Waals surface area contributed by atoms with Crippen LogP contribution in [-0.4, -0.2) is 0 Å². The molecule has 1 aromatic carbocycles. The summed E-state index contributed by atoms with van der Waals surface area (Å²) in [5, 5.41) is 3.42. The summed E-state index contributed by atoms with van der Waals surface area (Å²) in [5.41, 5.74) is 2.19. The van der Waals surface area contributed by atoms with Gasteiger partial charge in [0.15, 0.2) is 0 Å². The molecule has 16 heavy (non-hydrogen) atoms. The van der Waals surface area contributed by atoms with Crippen molar-refractivity contribution in [1.29, 1.82) is 0 Å². The number of benzene rings is 1. The summed E-state index contributed by atoms with van der Waals surface area (Å²) in [7, 11) is 0. The van der Waals surface area contributed by atoms with Gasteiger partial charge in [0, 0.05) is 14.5 Å². The van der Waals surface area contributed by atoms with Crippen molar-refractivity contribution in [3.05, 3.63) is 51.3 Å². The van der Waals surface area contributed by atoms with E-state index < -0.39 is 0 Å². The Hall–Kier alpha value is -0.740. The first-order chi connectivity index (χ1) is 7.66. The molecule has 0 saturated carbocycles. The van der Waals surface area contributed by atoms with Crippen molar-refractivity contribution in [3.63, 3.8) is 0 Å². The van der Waals surface area contributed by atoms with Crippen LogP contribution in [0.5, 0.6) is 0 Å². The number of rotatable bonds is 3. The van der Waals surface area contributed by atoms with Crippen LogP contribution in [0.4, 0.5) is 5.69 Å². The predicted octanol–water partition coefficient (Wildman–Crippen LogP) is 4.98. The van der Waals surface area contributed by atoms with E-state index in [9.17, 15) is 0 Å². The molecule has 2 nitrogen and oxygen atoms in total. The van der Waals surface area contributed by atoms with Gasteiger partial charge in [0.05, 0.1) is 24.3 Å². The molecule has 1 N–H and O–H groups in total. The quantitative estimate of drug-likeness (QED) is 0.849. The minimum Gasteiger partial charge on any atom is -0.472 e. The Morgan fingerprint density at radius 1 is 1.25 bits per heavy atom. The van der Waals surface area contributed by atoms with Crippen molar-refractivity contribution in [2.24, 2.45) is 0 Å². The third kappa shape index (κ3) is 2.68. The smallest absolute Gasteiger partial charge is 0.0955 e. The summed E-state index contributed by atoms with van der Waals surface area (Å²) in [5.74, 6) is 0. The van der Waals surface area contributed by atoms with Crippen LogP contribution in [0.3, 0.4) is 0 Å². The highest BCUT2D eigenvalue weighted by molar-refractivity contribution is 9.11. The van der Waals surface area contributed by atoms with E-state index in [1.54, 1.807) is 12.5 Å². The minimum absolute atomic E-state index is 0.212. The average molecular weight is 345 g/mol. The van der Waals surface area contributed by atoms with Crippen molar-refractivity contribution in [2.75, 3.05) is 5.32 Å². The van der Waals surface area contributed by atoms with Gasteiger partial charge in [-0.1, -0.05) is 15.9 Å². The molecule has 1 heterocycles. The molecule has 0 radical (unpaired) electrons. The number of anilines is 1. The molecule has 0 amide bonds. The molecule has 2 rings (SSSR count). The van der Waals surface area contributed by atoms with E-state index in [1.807, 2.05) is 24.3 Å². The van der Waals surface area contributed by atoms with E-state index in [2.05, 4.69) is 44.1 Å². The minimum atomic E-state index is 0.212. The number of nitrogens with one attached hydrogen (secondary N) is 1. The maximum atomic E-state index is 5.07. The number of hydrogen-bond acceptors (Lipinski definition) is 2. The first-order valence-corrected chi connectivity index (χ1v) is 6.49. The Morgan fingerprint density at radius 2 is 2.06 bits per heavy atom. The normalized spacial score (nSPS) is 12.4. The van der Waals surface area contributed by atoms with E-state index >= 15 is 0 Å². The number of hydrogen-bond donors (Lipinski definition) is 1. The lowest BCUT2D eigenvalue weighted by molar-refractivity contribution is 0.562. The Morgan fingerprint density at radius 3 is 2.75 bits per heavy atom. The third-order valence-electron chi connectivity index (χ3n) is 2.34. The summed E-state index contributed by atoms with van der Waals surface area (Å²) in [6.45, 7) is 2.10. The largest absolute Gasteiger partial charge is 0.472 e. The van der Waals surface area contributed by atoms with Crippen LogP contribution < -0.4 is 5.32 Å². The first-order valence-electron chi connectivity index (χ1n) is 4.90. The maximum absolute atomic E-state index is 5.07. The zero-order valence-electron chi connectivity index (χ0n) is 8.71. The fourth-order valence-corrected chi connectivity index (χ4v) is 2.17. The van der Waals surface area contributed by atoms with Crippen molar-refractivity contribution in [3.8, 4) is 0 Å². The lowest BCUT2D eigenvalue weighted by Gasteiger charge is -2.15. The van der Waals surface area contributed by atoms with Gasteiger partial charge in [-0.25, -0.2) is 0 Å². The predicted molar refractivity (Wildman–Crippen MR) is 72.6 cm³/mol. The summed E-state index contributed by atoms with van der Waals surface area (Å²) < 4.78 is 7.17. The molecule has 0 fully saturated rings. The van der Waals surface area contributed by atoms with Gasteiger partial charge in [-0.05, 0) is 47.1 Å². The maximum Gasteiger partial charge on any atom is 0.0955 e. The van der Waals surface area contributed by atoms with Gasteiger partial charge in [0.2, 0.25) is 0 Å². The second-order valence-electron chi connectivity index (χ2n) is 3.55. The summed E-state index contributed by atoms with van der Waals surface area (Å²) in [6.07, 6.45) is 3.44. The van der Waals surface area contributed by atoms with Gasteiger partial charge in [-0.2, -0.15) is 0 Å². The highest BCUT2D eigenvalue weighted by Crippen LogP contribution is 2.29. The fourth-order valence-electron chi connectivity index (χ4n) is 1.45. The van der Waals surface area contributed by atoms with Gasteiger partial charge in [0.25, 0.3) is 0 Å². The molecule has 0 saturated heterocycles. The second-order valence-corrected chi connectivity index (χ2v) is 5.32. The van der Waals surface area contributed by atoms with Gasteiger partial charge in [-0.3, -0.25) is 0 Å². The summed E-state index contributed by atoms with van der Waals surface area (Å²) >= 11 is 6.97. The van der Waals surface area contributed by atoms with Crippen LogP contribution in [0.1, 0.15) is 18.5 Å². The average Bonchev–Trinajstić information content (AvgIpc) is 2.76. The van der Waals surface area contributed by atoms with Crippen molar-refractivity contribution in [1.82, 2.24) is 0 Å². The molecule has 1 aromatic heterocycles. The van der Waals surface area contributed by atoms with Gasteiger partial charge < -0.3 is 9.73 Å². The standard InChI is InChI=1S/C12H11Br2NO/c1-8(9-4-5-16-7-9)15-12-6-10(13)2-3-11(12)14/h2-8,15H,1H3. The van der Waals surface area contributed by atoms with E-state index in [-0.39, 0.29) is 6.04 Å². The van der Waals surface area contributed by atoms with Crippen LogP contribution >= 0.6 is 31.9 Å². The van der Waals surface area contributed by atoms with Gasteiger partial charge in [-0.15, -0.1) is 0 Å². The van der Waals surface area contributed by atoms with E-state index in [1.165, 1.54) is 0 Å². The molecular formula is C12H11Br2NO. The van der Waals surface area contributed by atoms with Crippen LogP contribution in [0.15, 0.2) is 50.2 Å². The third-order valence-corrected chi connectivity index (χ3v) is 3.53. The van der Waals surface area contributed by atoms with Crippen LogP contribution in [0.2, 0.25) is 0 Å². The second kappa shape index (κ2) is 5.06. The molecule has 4 heteroatoms. The zero-order valence-corrected chi connectivity index (χ0v) is 11.9. The van der Waals surface area contributed by atoms with E-state index in [0.717, 1.165) is 20.2 Å². The highest BCUT2D eigenvalue weighted by Gasteiger charge is 2.08. The van der Waals surface area contributed by atoms with Crippen molar-refractivity contribution < 1.29 is 4.42 Å². The zero-order chi connectivity index (χ0) is 11.5.